The van der Waals surface area contributed by atoms with Crippen molar-refractivity contribution in [2.75, 3.05) is 56.8 Å². The molecule has 1 spiro atoms. The SMILES string of the molecule is COC[C@H](C)Nc1ncc2c(-c3ccnc(N4CCOC5(COC5)C4)c3)cc(C3CCC(O)CC3)n2n1. The Morgan fingerprint density at radius 3 is 2.81 bits per heavy atom. The topological polar surface area (TPSA) is 106 Å². The summed E-state index contributed by atoms with van der Waals surface area (Å²) in [6.07, 6.45) is 7.10. The molecular formula is C27H36N6O4. The molecule has 1 aliphatic carbocycles. The number of aromatic nitrogens is 4. The van der Waals surface area contributed by atoms with Gasteiger partial charge in [-0.25, -0.2) is 14.5 Å². The van der Waals surface area contributed by atoms with E-state index in [1.807, 2.05) is 23.8 Å². The molecule has 2 aliphatic heterocycles. The Hall–Kier alpha value is -2.79. The fraction of sp³-hybridized carbons (Fsp3) is 0.593. The zero-order valence-electron chi connectivity index (χ0n) is 21.6. The van der Waals surface area contributed by atoms with Gasteiger partial charge in [0.05, 0.1) is 50.8 Å². The van der Waals surface area contributed by atoms with E-state index in [0.717, 1.165) is 66.9 Å². The van der Waals surface area contributed by atoms with Gasteiger partial charge in [-0.05, 0) is 56.4 Å². The molecule has 0 aromatic carbocycles. The first-order valence-electron chi connectivity index (χ1n) is 13.3. The minimum absolute atomic E-state index is 0.0893. The van der Waals surface area contributed by atoms with Crippen LogP contribution in [-0.4, -0.2) is 89.1 Å². The lowest BCUT2D eigenvalue weighted by atomic mass is 9.85. The molecule has 198 valence electrons. The van der Waals surface area contributed by atoms with Gasteiger partial charge in [0.15, 0.2) is 0 Å². The average Bonchev–Trinajstić information content (AvgIpc) is 3.27. The lowest BCUT2D eigenvalue weighted by Gasteiger charge is -2.48. The van der Waals surface area contributed by atoms with Gasteiger partial charge in [0.2, 0.25) is 5.95 Å². The van der Waals surface area contributed by atoms with Gasteiger partial charge in [-0.2, -0.15) is 0 Å². The first-order valence-corrected chi connectivity index (χ1v) is 13.3. The molecule has 3 aromatic heterocycles. The zero-order valence-corrected chi connectivity index (χ0v) is 21.6. The molecule has 10 nitrogen and oxygen atoms in total. The second-order valence-corrected chi connectivity index (χ2v) is 10.7. The van der Waals surface area contributed by atoms with E-state index in [1.54, 1.807) is 7.11 Å². The van der Waals surface area contributed by atoms with Crippen molar-refractivity contribution >= 4 is 17.3 Å². The maximum absolute atomic E-state index is 10.1. The normalized spacial score (nSPS) is 24.2. The minimum atomic E-state index is -0.204. The largest absolute Gasteiger partial charge is 0.393 e. The Morgan fingerprint density at radius 2 is 2.05 bits per heavy atom. The highest BCUT2D eigenvalue weighted by Gasteiger charge is 2.44. The number of nitrogens with one attached hydrogen (secondary N) is 1. The van der Waals surface area contributed by atoms with Crippen molar-refractivity contribution in [3.63, 3.8) is 0 Å². The molecule has 37 heavy (non-hydrogen) atoms. The molecule has 5 heterocycles. The molecule has 6 rings (SSSR count). The van der Waals surface area contributed by atoms with Crippen LogP contribution in [0.5, 0.6) is 0 Å². The fourth-order valence-corrected chi connectivity index (χ4v) is 5.79. The molecule has 3 aromatic rings. The summed E-state index contributed by atoms with van der Waals surface area (Å²) in [4.78, 5) is 11.6. The van der Waals surface area contributed by atoms with Crippen LogP contribution in [0, 0.1) is 0 Å². The van der Waals surface area contributed by atoms with Crippen LogP contribution in [-0.2, 0) is 14.2 Å². The summed E-state index contributed by atoms with van der Waals surface area (Å²) in [5, 5.41) is 18.3. The Labute approximate surface area is 217 Å². The number of nitrogens with zero attached hydrogens (tertiary/aromatic N) is 5. The zero-order chi connectivity index (χ0) is 25.4. The fourth-order valence-electron chi connectivity index (χ4n) is 5.79. The average molecular weight is 509 g/mol. The number of anilines is 2. The van der Waals surface area contributed by atoms with Crippen LogP contribution in [0.15, 0.2) is 30.6 Å². The Kier molecular flexibility index (Phi) is 6.74. The van der Waals surface area contributed by atoms with Gasteiger partial charge in [0.25, 0.3) is 0 Å². The number of methoxy groups -OCH3 is 1. The number of hydrogen-bond donors (Lipinski definition) is 2. The van der Waals surface area contributed by atoms with Gasteiger partial charge in [-0.1, -0.05) is 0 Å². The summed E-state index contributed by atoms with van der Waals surface area (Å²) in [6, 6.07) is 6.57. The van der Waals surface area contributed by atoms with E-state index in [2.05, 4.69) is 33.4 Å². The van der Waals surface area contributed by atoms with Crippen molar-refractivity contribution in [2.45, 2.75) is 56.3 Å². The molecule has 1 saturated carbocycles. The summed E-state index contributed by atoms with van der Waals surface area (Å²) < 4.78 is 18.8. The summed E-state index contributed by atoms with van der Waals surface area (Å²) in [5.74, 6) is 1.86. The summed E-state index contributed by atoms with van der Waals surface area (Å²) in [7, 11) is 1.69. The predicted octanol–water partition coefficient (Wildman–Crippen LogP) is 2.86. The first-order chi connectivity index (χ1) is 18.0. The molecular weight excluding hydrogens is 472 g/mol. The van der Waals surface area contributed by atoms with Gasteiger partial charge in [-0.3, -0.25) is 0 Å². The van der Waals surface area contributed by atoms with Crippen LogP contribution in [0.25, 0.3) is 16.6 Å². The van der Waals surface area contributed by atoms with Crippen LogP contribution in [0.2, 0.25) is 0 Å². The van der Waals surface area contributed by atoms with Crippen LogP contribution in [0.1, 0.15) is 44.2 Å². The molecule has 2 saturated heterocycles. The first kappa shape index (κ1) is 24.5. The molecule has 1 atom stereocenters. The van der Waals surface area contributed by atoms with Crippen molar-refractivity contribution in [1.82, 2.24) is 19.6 Å². The van der Waals surface area contributed by atoms with Gasteiger partial charge in [-0.15, -0.1) is 5.10 Å². The monoisotopic (exact) mass is 508 g/mol. The molecule has 10 heteroatoms. The number of pyridine rings is 1. The molecule has 3 fully saturated rings. The van der Waals surface area contributed by atoms with Gasteiger partial charge in [0, 0.05) is 43.1 Å². The summed E-state index contributed by atoms with van der Waals surface area (Å²) in [5.41, 5.74) is 4.11. The van der Waals surface area contributed by atoms with Crippen molar-refractivity contribution < 1.29 is 19.3 Å². The van der Waals surface area contributed by atoms with Crippen LogP contribution >= 0.6 is 0 Å². The van der Waals surface area contributed by atoms with Crippen molar-refractivity contribution in [2.24, 2.45) is 0 Å². The molecule has 0 bridgehead atoms. The van der Waals surface area contributed by atoms with Gasteiger partial charge >= 0.3 is 0 Å². The number of hydrogen-bond acceptors (Lipinski definition) is 9. The molecule has 0 unspecified atom stereocenters. The Balaban J connectivity index is 1.36. The number of rotatable bonds is 7. The van der Waals surface area contributed by atoms with Gasteiger partial charge < -0.3 is 29.5 Å². The minimum Gasteiger partial charge on any atom is -0.393 e. The third-order valence-corrected chi connectivity index (χ3v) is 7.81. The number of morpholine rings is 1. The molecule has 0 radical (unpaired) electrons. The predicted molar refractivity (Wildman–Crippen MR) is 140 cm³/mol. The maximum atomic E-state index is 10.1. The molecule has 0 amide bonds. The number of aliphatic hydroxyl groups is 1. The standard InChI is InChI=1S/C27H36N6O4/c1-18(14-35-2)30-26-29-13-24-22(12-23(33(24)31-26)19-3-5-21(34)6-4-19)20-7-8-28-25(11-20)32-9-10-37-27(15-32)16-36-17-27/h7-8,11-13,18-19,21,34H,3-6,9-10,14-17H2,1-2H3,(H,30,31)/t18-,19?,21?/m0/s1. The highest BCUT2D eigenvalue weighted by Crippen LogP contribution is 2.38. The van der Waals surface area contributed by atoms with Crippen molar-refractivity contribution in [3.05, 3.63) is 36.3 Å². The van der Waals surface area contributed by atoms with Crippen molar-refractivity contribution in [1.29, 1.82) is 0 Å². The second-order valence-electron chi connectivity index (χ2n) is 10.7. The van der Waals surface area contributed by atoms with Crippen LogP contribution in [0.3, 0.4) is 0 Å². The van der Waals surface area contributed by atoms with Crippen LogP contribution < -0.4 is 10.2 Å². The molecule has 3 aliphatic rings. The third kappa shape index (κ3) is 4.90. The Morgan fingerprint density at radius 1 is 1.22 bits per heavy atom. The summed E-state index contributed by atoms with van der Waals surface area (Å²) >= 11 is 0. The lowest BCUT2D eigenvalue weighted by Crippen LogP contribution is -2.63. The quantitative estimate of drug-likeness (QED) is 0.498. The Bertz CT molecular complexity index is 1240. The smallest absolute Gasteiger partial charge is 0.241 e. The summed E-state index contributed by atoms with van der Waals surface area (Å²) in [6.45, 7) is 6.17. The van der Waals surface area contributed by atoms with E-state index < -0.39 is 0 Å². The number of fused-ring (bicyclic) bond motifs is 1. The van der Waals surface area contributed by atoms with Crippen LogP contribution in [0.4, 0.5) is 11.8 Å². The van der Waals surface area contributed by atoms with E-state index >= 15 is 0 Å². The lowest BCUT2D eigenvalue weighted by molar-refractivity contribution is -0.211. The maximum Gasteiger partial charge on any atom is 0.241 e. The van der Waals surface area contributed by atoms with E-state index in [-0.39, 0.29) is 17.7 Å². The molecule has 2 N–H and O–H groups in total. The van der Waals surface area contributed by atoms with Crippen molar-refractivity contribution in [3.8, 4) is 11.1 Å². The van der Waals surface area contributed by atoms with E-state index in [9.17, 15) is 5.11 Å². The van der Waals surface area contributed by atoms with Gasteiger partial charge in [0.1, 0.15) is 11.4 Å². The second kappa shape index (κ2) is 10.2. The highest BCUT2D eigenvalue weighted by molar-refractivity contribution is 5.82. The van der Waals surface area contributed by atoms with E-state index in [1.165, 1.54) is 0 Å². The number of aliphatic hydroxyl groups excluding tert-OH is 1. The van der Waals surface area contributed by atoms with E-state index in [0.29, 0.717) is 38.3 Å². The van der Waals surface area contributed by atoms with E-state index in [4.69, 9.17) is 24.3 Å². The highest BCUT2D eigenvalue weighted by atomic mass is 16.6. The third-order valence-electron chi connectivity index (χ3n) is 7.81. The number of ether oxygens (including phenoxy) is 3.